The van der Waals surface area contributed by atoms with Crippen LogP contribution < -0.4 is 0 Å². The summed E-state index contributed by atoms with van der Waals surface area (Å²) in [6.07, 6.45) is 3.16. The first kappa shape index (κ1) is 21.1. The lowest BCUT2D eigenvalue weighted by Gasteiger charge is -2.39. The van der Waals surface area contributed by atoms with E-state index in [0.29, 0.717) is 5.56 Å². The first-order chi connectivity index (χ1) is 15.2. The van der Waals surface area contributed by atoms with Crippen molar-refractivity contribution in [2.45, 2.75) is 46.1 Å². The minimum Gasteiger partial charge on any atom is -0.452 e. The second-order valence-electron chi connectivity index (χ2n) is 10.4. The molecular formula is C26H28N2O3S. The monoisotopic (exact) mass is 448 g/mol. The molecule has 2 atom stereocenters. The third-order valence-corrected chi connectivity index (χ3v) is 7.66. The lowest BCUT2D eigenvalue weighted by Crippen LogP contribution is -2.39. The number of carbonyl (C=O) groups is 2. The summed E-state index contributed by atoms with van der Waals surface area (Å²) in [5.74, 6) is -0.579. The highest BCUT2D eigenvalue weighted by Crippen LogP contribution is 2.52. The fraction of sp³-hybridized carbons (Fsp3) is 0.423. The Morgan fingerprint density at radius 2 is 1.97 bits per heavy atom. The van der Waals surface area contributed by atoms with Crippen LogP contribution in [0.4, 0.5) is 0 Å². The van der Waals surface area contributed by atoms with Gasteiger partial charge in [-0.1, -0.05) is 45.0 Å². The topological polar surface area (TPSA) is 59.5 Å². The molecule has 3 aromatic rings. The van der Waals surface area contributed by atoms with E-state index < -0.39 is 5.97 Å². The Kier molecular flexibility index (Phi) is 5.08. The van der Waals surface area contributed by atoms with Gasteiger partial charge in [-0.3, -0.25) is 4.79 Å². The van der Waals surface area contributed by atoms with Crippen LogP contribution in [-0.2, 0) is 9.53 Å². The molecule has 0 spiro atoms. The number of para-hydroxylation sites is 1. The van der Waals surface area contributed by atoms with Crippen LogP contribution in [0.15, 0.2) is 47.8 Å². The fourth-order valence-electron chi connectivity index (χ4n) is 5.93. The highest BCUT2D eigenvalue weighted by Gasteiger charge is 2.50. The summed E-state index contributed by atoms with van der Waals surface area (Å²) in [5.41, 5.74) is 2.31. The Morgan fingerprint density at radius 3 is 2.75 bits per heavy atom. The molecule has 0 unspecified atom stereocenters. The van der Waals surface area contributed by atoms with Crippen molar-refractivity contribution in [3.63, 3.8) is 0 Å². The van der Waals surface area contributed by atoms with E-state index in [1.807, 2.05) is 46.7 Å². The van der Waals surface area contributed by atoms with Gasteiger partial charge in [-0.15, -0.1) is 11.3 Å². The molecule has 3 heterocycles. The maximum absolute atomic E-state index is 13.1. The second-order valence-corrected chi connectivity index (χ2v) is 11.3. The van der Waals surface area contributed by atoms with Crippen molar-refractivity contribution in [2.75, 3.05) is 13.2 Å². The van der Waals surface area contributed by atoms with Crippen LogP contribution in [0.2, 0.25) is 0 Å². The fourth-order valence-corrected chi connectivity index (χ4v) is 6.62. The Morgan fingerprint density at radius 1 is 1.16 bits per heavy atom. The lowest BCUT2D eigenvalue weighted by molar-refractivity contribution is -0.135. The normalized spacial score (nSPS) is 24.0. The minimum absolute atomic E-state index is 0.0957. The van der Waals surface area contributed by atoms with Gasteiger partial charge >= 0.3 is 5.97 Å². The van der Waals surface area contributed by atoms with Gasteiger partial charge in [0.15, 0.2) is 6.61 Å². The van der Waals surface area contributed by atoms with Crippen LogP contribution in [0, 0.1) is 10.8 Å². The molecule has 2 aromatic heterocycles. The molecule has 6 heteroatoms. The number of rotatable bonds is 4. The number of ether oxygens (including phenoxy) is 1. The van der Waals surface area contributed by atoms with Gasteiger partial charge in [0.25, 0.3) is 5.91 Å². The number of amides is 1. The van der Waals surface area contributed by atoms with Crippen molar-refractivity contribution in [1.82, 2.24) is 9.88 Å². The van der Waals surface area contributed by atoms with E-state index in [2.05, 4.69) is 20.8 Å². The molecule has 5 nitrogen and oxygen atoms in total. The van der Waals surface area contributed by atoms with Crippen LogP contribution in [0.25, 0.3) is 21.5 Å². The number of carbonyl (C=O) groups excluding carboxylic acids is 2. The Hall–Kier alpha value is -2.73. The van der Waals surface area contributed by atoms with Crippen LogP contribution in [-0.4, -0.2) is 41.0 Å². The quantitative estimate of drug-likeness (QED) is 0.491. The number of nitrogens with zero attached hydrogens (tertiary/aromatic N) is 2. The molecule has 2 bridgehead atoms. The number of benzene rings is 1. The number of aromatic nitrogens is 1. The number of pyridine rings is 1. The Labute approximate surface area is 192 Å². The highest BCUT2D eigenvalue weighted by atomic mass is 32.1. The van der Waals surface area contributed by atoms with Crippen molar-refractivity contribution in [3.8, 4) is 10.6 Å². The lowest BCUT2D eigenvalue weighted by atomic mass is 9.65. The number of hydrogen-bond acceptors (Lipinski definition) is 5. The average molecular weight is 449 g/mol. The van der Waals surface area contributed by atoms with Gasteiger partial charge in [0, 0.05) is 18.0 Å². The number of thiophene rings is 1. The van der Waals surface area contributed by atoms with Gasteiger partial charge < -0.3 is 9.64 Å². The smallest absolute Gasteiger partial charge is 0.339 e. The van der Waals surface area contributed by atoms with E-state index >= 15 is 0 Å². The number of fused-ring (bicyclic) bond motifs is 3. The SMILES string of the molecule is CC1(C)C[C@H]2C[C@@](C)(CN2C(=O)COC(=O)c2cc(-c3cccs3)nc3ccccc23)C1. The maximum Gasteiger partial charge on any atom is 0.339 e. The first-order valence-corrected chi connectivity index (χ1v) is 12.0. The van der Waals surface area contributed by atoms with Crippen molar-refractivity contribution >= 4 is 34.1 Å². The molecule has 2 aliphatic rings. The summed E-state index contributed by atoms with van der Waals surface area (Å²) in [5, 5.41) is 2.72. The predicted molar refractivity (Wildman–Crippen MR) is 127 cm³/mol. The summed E-state index contributed by atoms with van der Waals surface area (Å²) in [4.78, 5) is 33.7. The number of hydrogen-bond donors (Lipinski definition) is 0. The molecule has 1 aliphatic heterocycles. The summed E-state index contributed by atoms with van der Waals surface area (Å²) < 4.78 is 5.56. The van der Waals surface area contributed by atoms with Crippen molar-refractivity contribution in [1.29, 1.82) is 0 Å². The second kappa shape index (κ2) is 7.69. The molecule has 5 rings (SSSR count). The molecule has 1 aromatic carbocycles. The zero-order chi connectivity index (χ0) is 22.5. The van der Waals surface area contributed by atoms with E-state index in [4.69, 9.17) is 9.72 Å². The van der Waals surface area contributed by atoms with E-state index in [1.165, 1.54) is 0 Å². The van der Waals surface area contributed by atoms with Crippen LogP contribution in [0.1, 0.15) is 50.4 Å². The molecule has 0 N–H and O–H groups in total. The molecule has 32 heavy (non-hydrogen) atoms. The first-order valence-electron chi connectivity index (χ1n) is 11.1. The summed E-state index contributed by atoms with van der Waals surface area (Å²) >= 11 is 1.57. The molecule has 1 amide bonds. The maximum atomic E-state index is 13.1. The van der Waals surface area contributed by atoms with Gasteiger partial charge in [0.05, 0.1) is 21.7 Å². The van der Waals surface area contributed by atoms with Gasteiger partial charge in [0.2, 0.25) is 0 Å². The number of likely N-dealkylation sites (tertiary alicyclic amines) is 1. The van der Waals surface area contributed by atoms with Crippen LogP contribution in [0.3, 0.4) is 0 Å². The molecule has 166 valence electrons. The van der Waals surface area contributed by atoms with Crippen molar-refractivity contribution in [3.05, 3.63) is 53.4 Å². The van der Waals surface area contributed by atoms with Gasteiger partial charge in [-0.2, -0.15) is 0 Å². The van der Waals surface area contributed by atoms with E-state index in [-0.39, 0.29) is 29.4 Å². The molecule has 2 fully saturated rings. The predicted octanol–water partition coefficient (Wildman–Crippen LogP) is 5.55. The third-order valence-electron chi connectivity index (χ3n) is 6.77. The molecular weight excluding hydrogens is 420 g/mol. The Balaban J connectivity index is 1.35. The highest BCUT2D eigenvalue weighted by molar-refractivity contribution is 7.13. The van der Waals surface area contributed by atoms with Gasteiger partial charge in [0.1, 0.15) is 0 Å². The largest absolute Gasteiger partial charge is 0.452 e. The van der Waals surface area contributed by atoms with E-state index in [9.17, 15) is 9.59 Å². The molecule has 1 aliphatic carbocycles. The van der Waals surface area contributed by atoms with Crippen molar-refractivity contribution < 1.29 is 14.3 Å². The number of esters is 1. The van der Waals surface area contributed by atoms with E-state index in [1.54, 1.807) is 17.4 Å². The van der Waals surface area contributed by atoms with Crippen molar-refractivity contribution in [2.24, 2.45) is 10.8 Å². The zero-order valence-electron chi connectivity index (χ0n) is 18.8. The molecule has 1 saturated carbocycles. The third kappa shape index (κ3) is 3.92. The summed E-state index contributed by atoms with van der Waals surface area (Å²) in [6, 6.07) is 13.5. The van der Waals surface area contributed by atoms with Crippen LogP contribution >= 0.6 is 11.3 Å². The average Bonchev–Trinajstić information content (AvgIpc) is 3.36. The molecule has 0 radical (unpaired) electrons. The standard InChI is InChI=1S/C26H28N2O3S/c1-25(2)12-17-13-26(3,15-25)16-28(17)23(29)14-31-24(30)19-11-21(22-9-6-10-32-22)27-20-8-5-4-7-18(19)20/h4-11,17H,12-16H2,1-3H3/t17-,26+/m0/s1. The minimum atomic E-state index is -0.483. The Bertz CT molecular complexity index is 1190. The van der Waals surface area contributed by atoms with Gasteiger partial charge in [-0.25, -0.2) is 9.78 Å². The summed E-state index contributed by atoms with van der Waals surface area (Å²) in [7, 11) is 0. The summed E-state index contributed by atoms with van der Waals surface area (Å²) in [6.45, 7) is 7.36. The zero-order valence-corrected chi connectivity index (χ0v) is 19.6. The van der Waals surface area contributed by atoms with E-state index in [0.717, 1.165) is 47.3 Å². The van der Waals surface area contributed by atoms with Gasteiger partial charge in [-0.05, 0) is 53.7 Å². The molecule has 1 saturated heterocycles. The van der Waals surface area contributed by atoms with Crippen LogP contribution in [0.5, 0.6) is 0 Å².